The van der Waals surface area contributed by atoms with E-state index in [0.717, 1.165) is 25.7 Å². The quantitative estimate of drug-likeness (QED) is 0.866. The predicted molar refractivity (Wildman–Crippen MR) is 71.8 cm³/mol. The number of nitriles is 1. The topological polar surface area (TPSA) is 44.0 Å². The maximum atomic E-state index is 10.4. The van der Waals surface area contributed by atoms with E-state index in [1.165, 1.54) is 5.56 Å². The summed E-state index contributed by atoms with van der Waals surface area (Å²) in [5.41, 5.74) is 0.0369. The first-order valence-corrected chi connectivity index (χ1v) is 6.68. The van der Waals surface area contributed by atoms with Crippen molar-refractivity contribution in [2.45, 2.75) is 45.1 Å². The third-order valence-corrected chi connectivity index (χ3v) is 4.65. The van der Waals surface area contributed by atoms with E-state index in [9.17, 15) is 10.4 Å². The second-order valence-corrected chi connectivity index (χ2v) is 5.86. The van der Waals surface area contributed by atoms with E-state index in [4.69, 9.17) is 0 Å². The van der Waals surface area contributed by atoms with Crippen LogP contribution in [-0.2, 0) is 6.42 Å². The van der Waals surface area contributed by atoms with Crippen molar-refractivity contribution in [1.82, 2.24) is 0 Å². The molecular formula is C16H21NO. The van der Waals surface area contributed by atoms with E-state index < -0.39 is 11.0 Å². The first kappa shape index (κ1) is 13.1. The van der Waals surface area contributed by atoms with Gasteiger partial charge in [0.05, 0.1) is 17.1 Å². The minimum atomic E-state index is -0.719. The van der Waals surface area contributed by atoms with Crippen LogP contribution >= 0.6 is 0 Å². The van der Waals surface area contributed by atoms with Crippen molar-refractivity contribution < 1.29 is 5.11 Å². The zero-order chi connectivity index (χ0) is 13.2. The summed E-state index contributed by atoms with van der Waals surface area (Å²) in [6, 6.07) is 12.6. The van der Waals surface area contributed by atoms with Crippen LogP contribution in [0.5, 0.6) is 0 Å². The molecule has 1 N–H and O–H groups in total. The lowest BCUT2D eigenvalue weighted by atomic mass is 9.59. The summed E-state index contributed by atoms with van der Waals surface area (Å²) in [5, 5.41) is 20.1. The van der Waals surface area contributed by atoms with Crippen molar-refractivity contribution in [3.63, 3.8) is 0 Å². The summed E-state index contributed by atoms with van der Waals surface area (Å²) in [7, 11) is 0. The summed E-state index contributed by atoms with van der Waals surface area (Å²) >= 11 is 0. The van der Waals surface area contributed by atoms with Crippen LogP contribution in [0.15, 0.2) is 30.3 Å². The number of hydrogen-bond acceptors (Lipinski definition) is 2. The van der Waals surface area contributed by atoms with Crippen molar-refractivity contribution in [2.24, 2.45) is 11.3 Å². The third kappa shape index (κ3) is 2.28. The molecule has 0 heterocycles. The largest absolute Gasteiger partial charge is 0.390 e. The normalized spacial score (nSPS) is 36.0. The van der Waals surface area contributed by atoms with Crippen LogP contribution in [0.1, 0.15) is 38.7 Å². The van der Waals surface area contributed by atoms with Gasteiger partial charge in [-0.2, -0.15) is 5.26 Å². The molecule has 0 saturated heterocycles. The summed E-state index contributed by atoms with van der Waals surface area (Å²) in [6.07, 6.45) is 3.35. The van der Waals surface area contributed by atoms with Crippen molar-refractivity contribution in [1.29, 1.82) is 5.26 Å². The van der Waals surface area contributed by atoms with Crippen LogP contribution in [0.4, 0.5) is 0 Å². The minimum absolute atomic E-state index is 0.00366. The number of aliphatic hydroxyl groups is 1. The molecule has 0 unspecified atom stereocenters. The van der Waals surface area contributed by atoms with Crippen LogP contribution in [0.2, 0.25) is 0 Å². The average Bonchev–Trinajstić information content (AvgIpc) is 2.36. The first-order chi connectivity index (χ1) is 8.50. The number of rotatable bonds is 2. The van der Waals surface area contributed by atoms with E-state index >= 15 is 0 Å². The van der Waals surface area contributed by atoms with Crippen LogP contribution < -0.4 is 0 Å². The van der Waals surface area contributed by atoms with Gasteiger partial charge in [-0.15, -0.1) is 0 Å². The van der Waals surface area contributed by atoms with E-state index in [2.05, 4.69) is 18.2 Å². The Labute approximate surface area is 109 Å². The molecular weight excluding hydrogens is 222 g/mol. The molecule has 0 amide bonds. The molecule has 0 bridgehead atoms. The lowest BCUT2D eigenvalue weighted by molar-refractivity contribution is -0.0730. The van der Waals surface area contributed by atoms with Crippen molar-refractivity contribution in [2.75, 3.05) is 0 Å². The van der Waals surface area contributed by atoms with Crippen molar-refractivity contribution >= 4 is 0 Å². The summed E-state index contributed by atoms with van der Waals surface area (Å²) in [6.45, 7) is 3.89. The fourth-order valence-electron chi connectivity index (χ4n) is 3.18. The van der Waals surface area contributed by atoms with Gasteiger partial charge < -0.3 is 5.11 Å². The fourth-order valence-corrected chi connectivity index (χ4v) is 3.18. The minimum Gasteiger partial charge on any atom is -0.390 e. The fraction of sp³-hybridized carbons (Fsp3) is 0.562. The lowest BCUT2D eigenvalue weighted by Gasteiger charge is -2.46. The molecule has 1 aliphatic rings. The molecule has 18 heavy (non-hydrogen) atoms. The Kier molecular flexibility index (Phi) is 3.45. The Hall–Kier alpha value is -1.33. The highest BCUT2D eigenvalue weighted by atomic mass is 16.3. The van der Waals surface area contributed by atoms with E-state index in [-0.39, 0.29) is 5.92 Å². The molecule has 0 radical (unpaired) electrons. The maximum Gasteiger partial charge on any atom is 0.0697 e. The van der Waals surface area contributed by atoms with Crippen LogP contribution in [0, 0.1) is 22.7 Å². The van der Waals surface area contributed by atoms with Gasteiger partial charge in [-0.3, -0.25) is 0 Å². The SMILES string of the molecule is C[C@@H]1[C@@](C#N)(Cc2ccccc2)CCC[C@]1(C)O. The predicted octanol–water partition coefficient (Wildman–Crippen LogP) is 3.31. The Morgan fingerprint density at radius 1 is 1.33 bits per heavy atom. The van der Waals surface area contributed by atoms with Gasteiger partial charge in [-0.1, -0.05) is 37.3 Å². The van der Waals surface area contributed by atoms with Crippen molar-refractivity contribution in [3.8, 4) is 6.07 Å². The zero-order valence-corrected chi connectivity index (χ0v) is 11.2. The van der Waals surface area contributed by atoms with E-state index in [1.807, 2.05) is 32.0 Å². The van der Waals surface area contributed by atoms with Gasteiger partial charge in [-0.25, -0.2) is 0 Å². The Bertz CT molecular complexity index is 446. The summed E-state index contributed by atoms with van der Waals surface area (Å²) in [4.78, 5) is 0. The molecule has 1 aromatic rings. The van der Waals surface area contributed by atoms with Crippen LogP contribution in [-0.4, -0.2) is 10.7 Å². The average molecular weight is 243 g/mol. The first-order valence-electron chi connectivity index (χ1n) is 6.68. The molecule has 1 fully saturated rings. The molecule has 2 nitrogen and oxygen atoms in total. The highest BCUT2D eigenvalue weighted by Crippen LogP contribution is 2.47. The van der Waals surface area contributed by atoms with E-state index in [0.29, 0.717) is 0 Å². The number of benzene rings is 1. The molecule has 1 aliphatic carbocycles. The second kappa shape index (κ2) is 4.74. The summed E-state index contributed by atoms with van der Waals surface area (Å²) < 4.78 is 0. The highest BCUT2D eigenvalue weighted by molar-refractivity contribution is 5.21. The highest BCUT2D eigenvalue weighted by Gasteiger charge is 2.48. The van der Waals surface area contributed by atoms with Gasteiger partial charge in [0.15, 0.2) is 0 Å². The Morgan fingerprint density at radius 3 is 2.61 bits per heavy atom. The molecule has 96 valence electrons. The second-order valence-electron chi connectivity index (χ2n) is 5.86. The lowest BCUT2D eigenvalue weighted by Crippen LogP contribution is -2.48. The molecule has 2 heteroatoms. The standard InChI is InChI=1S/C16H21NO/c1-13-15(2,18)9-6-10-16(13,12-17)11-14-7-4-3-5-8-14/h3-5,7-8,13,18H,6,9-11H2,1-2H3/t13-,15-,16+/m0/s1. The molecule has 0 spiro atoms. The molecule has 1 saturated carbocycles. The van der Waals surface area contributed by atoms with Gasteiger partial charge >= 0.3 is 0 Å². The summed E-state index contributed by atoms with van der Waals surface area (Å²) in [5.74, 6) is 0.00366. The van der Waals surface area contributed by atoms with Gasteiger partial charge in [0, 0.05) is 5.92 Å². The molecule has 2 rings (SSSR count). The molecule has 0 aliphatic heterocycles. The Morgan fingerprint density at radius 2 is 2.00 bits per heavy atom. The molecule has 3 atom stereocenters. The van der Waals surface area contributed by atoms with Crippen LogP contribution in [0.25, 0.3) is 0 Å². The molecule has 1 aromatic carbocycles. The Balaban J connectivity index is 2.29. The third-order valence-electron chi connectivity index (χ3n) is 4.65. The monoisotopic (exact) mass is 243 g/mol. The molecule has 0 aromatic heterocycles. The van der Waals surface area contributed by atoms with E-state index in [1.54, 1.807) is 0 Å². The zero-order valence-electron chi connectivity index (χ0n) is 11.2. The number of hydrogen-bond donors (Lipinski definition) is 1. The maximum absolute atomic E-state index is 10.4. The smallest absolute Gasteiger partial charge is 0.0697 e. The van der Waals surface area contributed by atoms with Gasteiger partial charge in [0.1, 0.15) is 0 Å². The van der Waals surface area contributed by atoms with Gasteiger partial charge in [0.2, 0.25) is 0 Å². The number of nitrogens with zero attached hydrogens (tertiary/aromatic N) is 1. The van der Waals surface area contributed by atoms with Gasteiger partial charge in [-0.05, 0) is 38.2 Å². The van der Waals surface area contributed by atoms with Gasteiger partial charge in [0.25, 0.3) is 0 Å². The van der Waals surface area contributed by atoms with Crippen LogP contribution in [0.3, 0.4) is 0 Å². The van der Waals surface area contributed by atoms with Crippen molar-refractivity contribution in [3.05, 3.63) is 35.9 Å².